The Kier molecular flexibility index (Phi) is 3.22. The first-order valence-electron chi connectivity index (χ1n) is 6.54. The highest BCUT2D eigenvalue weighted by Gasteiger charge is 2.45. The van der Waals surface area contributed by atoms with Crippen LogP contribution in [0.3, 0.4) is 0 Å². The second kappa shape index (κ2) is 4.91. The summed E-state index contributed by atoms with van der Waals surface area (Å²) >= 11 is 6.14. The van der Waals surface area contributed by atoms with Gasteiger partial charge in [0, 0.05) is 12.4 Å². The molecule has 0 spiro atoms. The Morgan fingerprint density at radius 1 is 1.35 bits per heavy atom. The third kappa shape index (κ3) is 1.98. The van der Waals surface area contributed by atoms with Gasteiger partial charge >= 0.3 is 5.97 Å². The summed E-state index contributed by atoms with van der Waals surface area (Å²) in [6.45, 7) is 0. The van der Waals surface area contributed by atoms with Crippen LogP contribution >= 0.6 is 11.6 Å². The SMILES string of the molecule is O=C(O)C1(Cc2ccncc2Cl)CCc2ccccc21. The highest BCUT2D eigenvalue weighted by molar-refractivity contribution is 6.31. The second-order valence-electron chi connectivity index (χ2n) is 5.19. The van der Waals surface area contributed by atoms with Crippen LogP contribution in [0, 0.1) is 0 Å². The van der Waals surface area contributed by atoms with Crippen LogP contribution in [0.1, 0.15) is 23.1 Å². The molecule has 0 fully saturated rings. The molecule has 1 heterocycles. The van der Waals surface area contributed by atoms with E-state index in [4.69, 9.17) is 11.6 Å². The predicted molar refractivity (Wildman–Crippen MR) is 77.0 cm³/mol. The fraction of sp³-hybridized carbons (Fsp3) is 0.250. The minimum Gasteiger partial charge on any atom is -0.481 e. The Bertz CT molecular complexity index is 671. The second-order valence-corrected chi connectivity index (χ2v) is 5.60. The van der Waals surface area contributed by atoms with Crippen molar-refractivity contribution in [3.63, 3.8) is 0 Å². The number of nitrogens with zero attached hydrogens (tertiary/aromatic N) is 1. The largest absolute Gasteiger partial charge is 0.481 e. The van der Waals surface area contributed by atoms with Gasteiger partial charge in [-0.25, -0.2) is 0 Å². The summed E-state index contributed by atoms with van der Waals surface area (Å²) in [6.07, 6.45) is 5.02. The van der Waals surface area contributed by atoms with E-state index in [1.807, 2.05) is 24.3 Å². The van der Waals surface area contributed by atoms with Crippen LogP contribution in [0.25, 0.3) is 0 Å². The topological polar surface area (TPSA) is 50.2 Å². The summed E-state index contributed by atoms with van der Waals surface area (Å²) < 4.78 is 0. The molecule has 3 rings (SSSR count). The molecule has 1 aliphatic carbocycles. The fourth-order valence-corrected chi connectivity index (χ4v) is 3.23. The summed E-state index contributed by atoms with van der Waals surface area (Å²) in [4.78, 5) is 15.9. The standard InChI is InChI=1S/C16H14ClNO2/c17-14-10-18-8-6-12(14)9-16(15(19)20)7-5-11-3-1-2-4-13(11)16/h1-4,6,8,10H,5,7,9H2,(H,19,20). The van der Waals surface area contributed by atoms with Gasteiger partial charge in [-0.3, -0.25) is 9.78 Å². The predicted octanol–water partition coefficient (Wildman–Crippen LogP) is 3.25. The van der Waals surface area contributed by atoms with Gasteiger partial charge in [0.15, 0.2) is 0 Å². The smallest absolute Gasteiger partial charge is 0.314 e. The summed E-state index contributed by atoms with van der Waals surface area (Å²) in [5.41, 5.74) is 2.00. The Morgan fingerprint density at radius 2 is 2.15 bits per heavy atom. The first-order chi connectivity index (χ1) is 9.63. The van der Waals surface area contributed by atoms with E-state index in [9.17, 15) is 9.90 Å². The minimum absolute atomic E-state index is 0.403. The molecule has 1 aromatic carbocycles. The molecule has 20 heavy (non-hydrogen) atoms. The van der Waals surface area contributed by atoms with Crippen molar-refractivity contribution in [3.8, 4) is 0 Å². The number of carboxylic acids is 1. The van der Waals surface area contributed by atoms with Crippen LogP contribution in [0.15, 0.2) is 42.7 Å². The van der Waals surface area contributed by atoms with E-state index in [-0.39, 0.29) is 0 Å². The maximum Gasteiger partial charge on any atom is 0.314 e. The number of pyridine rings is 1. The van der Waals surface area contributed by atoms with E-state index in [0.29, 0.717) is 17.9 Å². The van der Waals surface area contributed by atoms with Gasteiger partial charge in [0.1, 0.15) is 0 Å². The number of carbonyl (C=O) groups is 1. The molecule has 1 aromatic heterocycles. The number of halogens is 1. The number of carboxylic acid groups (broad SMARTS) is 1. The van der Waals surface area contributed by atoms with Crippen LogP contribution in [-0.4, -0.2) is 16.1 Å². The van der Waals surface area contributed by atoms with Gasteiger partial charge in [-0.15, -0.1) is 0 Å². The van der Waals surface area contributed by atoms with Crippen LogP contribution in [0.5, 0.6) is 0 Å². The van der Waals surface area contributed by atoms with Crippen LogP contribution in [0.4, 0.5) is 0 Å². The molecular weight excluding hydrogens is 274 g/mol. The van der Waals surface area contributed by atoms with Crippen molar-refractivity contribution in [2.24, 2.45) is 0 Å². The van der Waals surface area contributed by atoms with Gasteiger partial charge in [0.25, 0.3) is 0 Å². The van der Waals surface area contributed by atoms with E-state index in [1.54, 1.807) is 18.5 Å². The molecule has 1 aliphatic rings. The lowest BCUT2D eigenvalue weighted by Gasteiger charge is -2.26. The molecule has 0 saturated heterocycles. The van der Waals surface area contributed by atoms with Gasteiger partial charge in [0.05, 0.1) is 10.4 Å². The molecule has 2 aromatic rings. The van der Waals surface area contributed by atoms with Crippen molar-refractivity contribution in [1.82, 2.24) is 4.98 Å². The van der Waals surface area contributed by atoms with Gasteiger partial charge in [0.2, 0.25) is 0 Å². The maximum atomic E-state index is 11.9. The zero-order chi connectivity index (χ0) is 14.2. The molecule has 1 atom stereocenters. The molecule has 0 aliphatic heterocycles. The quantitative estimate of drug-likeness (QED) is 0.943. The van der Waals surface area contributed by atoms with Crippen LogP contribution < -0.4 is 0 Å². The number of hydrogen-bond donors (Lipinski definition) is 1. The van der Waals surface area contributed by atoms with Crippen molar-refractivity contribution in [2.75, 3.05) is 0 Å². The molecular formula is C16H14ClNO2. The highest BCUT2D eigenvalue weighted by Crippen LogP contribution is 2.42. The van der Waals surface area contributed by atoms with E-state index < -0.39 is 11.4 Å². The molecule has 0 saturated carbocycles. The number of benzene rings is 1. The lowest BCUT2D eigenvalue weighted by molar-refractivity contribution is -0.143. The van der Waals surface area contributed by atoms with E-state index in [1.165, 1.54) is 0 Å². The van der Waals surface area contributed by atoms with Gasteiger partial charge in [-0.05, 0) is 42.0 Å². The number of aliphatic carboxylic acids is 1. The van der Waals surface area contributed by atoms with Crippen molar-refractivity contribution >= 4 is 17.6 Å². The van der Waals surface area contributed by atoms with Crippen molar-refractivity contribution < 1.29 is 9.90 Å². The number of rotatable bonds is 3. The van der Waals surface area contributed by atoms with Gasteiger partial charge in [-0.2, -0.15) is 0 Å². The molecule has 0 bridgehead atoms. The summed E-state index contributed by atoms with van der Waals surface area (Å²) in [7, 11) is 0. The van der Waals surface area contributed by atoms with E-state index >= 15 is 0 Å². The maximum absolute atomic E-state index is 11.9. The van der Waals surface area contributed by atoms with Crippen molar-refractivity contribution in [3.05, 3.63) is 64.4 Å². The van der Waals surface area contributed by atoms with Crippen LogP contribution in [0.2, 0.25) is 5.02 Å². The lowest BCUT2D eigenvalue weighted by Crippen LogP contribution is -2.36. The molecule has 3 nitrogen and oxygen atoms in total. The van der Waals surface area contributed by atoms with Gasteiger partial charge in [-0.1, -0.05) is 35.9 Å². The first-order valence-corrected chi connectivity index (χ1v) is 6.91. The number of hydrogen-bond acceptors (Lipinski definition) is 2. The molecule has 0 radical (unpaired) electrons. The zero-order valence-electron chi connectivity index (χ0n) is 10.8. The zero-order valence-corrected chi connectivity index (χ0v) is 11.6. The molecule has 0 amide bonds. The van der Waals surface area contributed by atoms with Gasteiger partial charge < -0.3 is 5.11 Å². The normalized spacial score (nSPS) is 20.6. The number of aromatic nitrogens is 1. The highest BCUT2D eigenvalue weighted by atomic mass is 35.5. The van der Waals surface area contributed by atoms with E-state index in [2.05, 4.69) is 4.98 Å². The minimum atomic E-state index is -0.873. The fourth-order valence-electron chi connectivity index (χ4n) is 3.04. The molecule has 4 heteroatoms. The first kappa shape index (κ1) is 13.1. The molecule has 102 valence electrons. The molecule has 1 unspecified atom stereocenters. The number of fused-ring (bicyclic) bond motifs is 1. The van der Waals surface area contributed by atoms with Crippen LogP contribution in [-0.2, 0) is 23.1 Å². The Balaban J connectivity index is 2.08. The third-order valence-electron chi connectivity index (χ3n) is 4.11. The average molecular weight is 288 g/mol. The van der Waals surface area contributed by atoms with E-state index in [0.717, 1.165) is 23.1 Å². The lowest BCUT2D eigenvalue weighted by atomic mass is 9.77. The summed E-state index contributed by atoms with van der Waals surface area (Å²) in [6, 6.07) is 9.58. The third-order valence-corrected chi connectivity index (χ3v) is 4.45. The average Bonchev–Trinajstić information content (AvgIpc) is 2.82. The Labute approximate surface area is 122 Å². The number of aryl methyl sites for hydroxylation is 1. The Morgan fingerprint density at radius 3 is 2.90 bits per heavy atom. The Hall–Kier alpha value is -1.87. The monoisotopic (exact) mass is 287 g/mol. The summed E-state index contributed by atoms with van der Waals surface area (Å²) in [5, 5.41) is 10.3. The van der Waals surface area contributed by atoms with Crippen molar-refractivity contribution in [1.29, 1.82) is 0 Å². The van der Waals surface area contributed by atoms with Crippen molar-refractivity contribution in [2.45, 2.75) is 24.7 Å². The summed E-state index contributed by atoms with van der Waals surface area (Å²) in [5.74, 6) is -0.782. The molecule has 1 N–H and O–H groups in total.